The van der Waals surface area contributed by atoms with Crippen LogP contribution in [0.15, 0.2) is 30.6 Å². The van der Waals surface area contributed by atoms with Gasteiger partial charge in [-0.3, -0.25) is 4.40 Å². The van der Waals surface area contributed by atoms with Gasteiger partial charge in [0.05, 0.1) is 0 Å². The lowest BCUT2D eigenvalue weighted by Gasteiger charge is -2.04. The molecule has 1 aromatic carbocycles. The van der Waals surface area contributed by atoms with E-state index < -0.39 is 0 Å². The van der Waals surface area contributed by atoms with Crippen LogP contribution in [0.1, 0.15) is 11.4 Å². The third-order valence-corrected chi connectivity index (χ3v) is 3.29. The Labute approximate surface area is 117 Å². The lowest BCUT2D eigenvalue weighted by molar-refractivity contribution is 0.611. The van der Waals surface area contributed by atoms with Crippen molar-refractivity contribution in [3.63, 3.8) is 0 Å². The first-order chi connectivity index (χ1) is 9.15. The van der Waals surface area contributed by atoms with Gasteiger partial charge in [-0.25, -0.2) is 9.37 Å². The zero-order valence-corrected chi connectivity index (χ0v) is 11.0. The Bertz CT molecular complexity index is 736. The summed E-state index contributed by atoms with van der Waals surface area (Å²) in [6, 6.07) is 6.14. The van der Waals surface area contributed by atoms with Crippen LogP contribution in [0.2, 0.25) is 10.2 Å². The van der Waals surface area contributed by atoms with Crippen LogP contribution in [0.5, 0.6) is 0 Å². The highest BCUT2D eigenvalue weighted by Crippen LogP contribution is 2.22. The Hall–Kier alpha value is -1.72. The van der Waals surface area contributed by atoms with E-state index in [-0.39, 0.29) is 12.2 Å². The highest BCUT2D eigenvalue weighted by molar-refractivity contribution is 6.31. The van der Waals surface area contributed by atoms with Gasteiger partial charge in [-0.2, -0.15) is 0 Å². The van der Waals surface area contributed by atoms with Crippen molar-refractivity contribution in [1.82, 2.24) is 19.6 Å². The molecule has 0 radical (unpaired) electrons. The van der Waals surface area contributed by atoms with E-state index in [0.717, 1.165) is 0 Å². The van der Waals surface area contributed by atoms with Crippen LogP contribution in [0, 0.1) is 5.82 Å². The smallest absolute Gasteiger partial charge is 0.165 e. The number of aromatic nitrogens is 4. The van der Waals surface area contributed by atoms with E-state index in [1.165, 1.54) is 12.4 Å². The second-order valence-corrected chi connectivity index (χ2v) is 4.73. The zero-order valence-electron chi connectivity index (χ0n) is 9.52. The Morgan fingerprint density at radius 1 is 1.21 bits per heavy atom. The molecule has 0 aliphatic rings. The van der Waals surface area contributed by atoms with Gasteiger partial charge in [-0.05, 0) is 12.1 Å². The maximum absolute atomic E-state index is 13.7. The summed E-state index contributed by atoms with van der Waals surface area (Å²) in [7, 11) is 0. The third-order valence-electron chi connectivity index (χ3n) is 2.73. The molecule has 0 saturated carbocycles. The average Bonchev–Trinajstić information content (AvgIpc) is 2.76. The van der Waals surface area contributed by atoms with Gasteiger partial charge in [0.25, 0.3) is 0 Å². The van der Waals surface area contributed by atoms with Crippen LogP contribution in [0.3, 0.4) is 0 Å². The quantitative estimate of drug-likeness (QED) is 0.682. The van der Waals surface area contributed by atoms with Gasteiger partial charge in [-0.1, -0.05) is 29.3 Å². The first kappa shape index (κ1) is 12.3. The number of hydrogen-bond acceptors (Lipinski definition) is 3. The largest absolute Gasteiger partial charge is 0.269 e. The average molecular weight is 297 g/mol. The van der Waals surface area contributed by atoms with Crippen molar-refractivity contribution >= 4 is 28.8 Å². The molecule has 2 heterocycles. The second kappa shape index (κ2) is 4.75. The number of halogens is 3. The molecular weight excluding hydrogens is 290 g/mol. The van der Waals surface area contributed by atoms with E-state index in [0.29, 0.717) is 27.2 Å². The molecule has 3 rings (SSSR count). The van der Waals surface area contributed by atoms with Crippen LogP contribution in [-0.4, -0.2) is 19.6 Å². The maximum atomic E-state index is 13.7. The minimum atomic E-state index is -0.369. The molecule has 0 atom stereocenters. The SMILES string of the molecule is Fc1cccc(Cl)c1Cc1nnc2cc(Cl)ncn12. The molecule has 2 aromatic heterocycles. The van der Waals surface area contributed by atoms with Crippen molar-refractivity contribution < 1.29 is 4.39 Å². The summed E-state index contributed by atoms with van der Waals surface area (Å²) in [5, 5.41) is 8.65. The molecular formula is C12H7Cl2FN4. The Morgan fingerprint density at radius 3 is 2.84 bits per heavy atom. The molecule has 19 heavy (non-hydrogen) atoms. The Balaban J connectivity index is 2.06. The summed E-state index contributed by atoms with van der Waals surface area (Å²) < 4.78 is 15.4. The summed E-state index contributed by atoms with van der Waals surface area (Å²) in [4.78, 5) is 3.95. The van der Waals surface area contributed by atoms with Crippen LogP contribution in [0.25, 0.3) is 5.65 Å². The molecule has 7 heteroatoms. The molecule has 0 N–H and O–H groups in total. The van der Waals surface area contributed by atoms with E-state index >= 15 is 0 Å². The topological polar surface area (TPSA) is 43.1 Å². The molecule has 0 saturated heterocycles. The molecule has 0 spiro atoms. The summed E-state index contributed by atoms with van der Waals surface area (Å²) in [5.74, 6) is 0.178. The van der Waals surface area contributed by atoms with Crippen LogP contribution in [-0.2, 0) is 6.42 Å². The minimum absolute atomic E-state index is 0.232. The van der Waals surface area contributed by atoms with E-state index in [2.05, 4.69) is 15.2 Å². The first-order valence-electron chi connectivity index (χ1n) is 5.43. The van der Waals surface area contributed by atoms with Crippen LogP contribution < -0.4 is 0 Å². The minimum Gasteiger partial charge on any atom is -0.269 e. The lowest BCUT2D eigenvalue weighted by atomic mass is 10.1. The number of fused-ring (bicyclic) bond motifs is 1. The predicted molar refractivity (Wildman–Crippen MR) is 70.0 cm³/mol. The standard InChI is InChI=1S/C12H7Cl2FN4/c13-8-2-1-3-9(15)7(8)4-11-17-18-12-5-10(14)16-6-19(11)12/h1-3,5-6H,4H2. The van der Waals surface area contributed by atoms with Crippen molar-refractivity contribution in [1.29, 1.82) is 0 Å². The summed E-state index contributed by atoms with van der Waals surface area (Å²) in [6.07, 6.45) is 1.73. The Kier molecular flexibility index (Phi) is 3.08. The van der Waals surface area contributed by atoms with Gasteiger partial charge >= 0.3 is 0 Å². The zero-order chi connectivity index (χ0) is 13.4. The summed E-state index contributed by atoms with van der Waals surface area (Å²) in [5.41, 5.74) is 0.941. The van der Waals surface area contributed by atoms with Gasteiger partial charge < -0.3 is 0 Å². The molecule has 0 fully saturated rings. The van der Waals surface area contributed by atoms with E-state index in [1.54, 1.807) is 22.6 Å². The van der Waals surface area contributed by atoms with Gasteiger partial charge in [0, 0.05) is 23.1 Å². The fourth-order valence-corrected chi connectivity index (χ4v) is 2.17. The molecule has 4 nitrogen and oxygen atoms in total. The molecule has 3 aromatic rings. The monoisotopic (exact) mass is 296 g/mol. The highest BCUT2D eigenvalue weighted by atomic mass is 35.5. The van der Waals surface area contributed by atoms with Crippen molar-refractivity contribution in [3.05, 3.63) is 58.0 Å². The maximum Gasteiger partial charge on any atom is 0.165 e. The predicted octanol–water partition coefficient (Wildman–Crippen LogP) is 3.16. The Morgan fingerprint density at radius 2 is 2.05 bits per heavy atom. The molecule has 0 aliphatic heterocycles. The van der Waals surface area contributed by atoms with E-state index in [9.17, 15) is 4.39 Å². The fraction of sp³-hybridized carbons (Fsp3) is 0.0833. The molecule has 0 unspecified atom stereocenters. The van der Waals surface area contributed by atoms with Crippen LogP contribution >= 0.6 is 23.2 Å². The van der Waals surface area contributed by atoms with Crippen molar-refractivity contribution in [2.75, 3.05) is 0 Å². The number of nitrogens with zero attached hydrogens (tertiary/aromatic N) is 4. The molecule has 0 amide bonds. The number of hydrogen-bond donors (Lipinski definition) is 0. The normalized spacial score (nSPS) is 11.1. The highest BCUT2D eigenvalue weighted by Gasteiger charge is 2.12. The molecule has 0 bridgehead atoms. The number of benzene rings is 1. The van der Waals surface area contributed by atoms with Crippen molar-refractivity contribution in [2.24, 2.45) is 0 Å². The summed E-state index contributed by atoms with van der Waals surface area (Å²) >= 11 is 11.8. The van der Waals surface area contributed by atoms with Gasteiger partial charge in [-0.15, -0.1) is 10.2 Å². The summed E-state index contributed by atoms with van der Waals surface area (Å²) in [6.45, 7) is 0. The third kappa shape index (κ3) is 2.27. The van der Waals surface area contributed by atoms with E-state index in [1.807, 2.05) is 0 Å². The number of rotatable bonds is 2. The van der Waals surface area contributed by atoms with Gasteiger partial charge in [0.15, 0.2) is 5.65 Å². The van der Waals surface area contributed by atoms with E-state index in [4.69, 9.17) is 23.2 Å². The first-order valence-corrected chi connectivity index (χ1v) is 6.19. The van der Waals surface area contributed by atoms with Crippen LogP contribution in [0.4, 0.5) is 4.39 Å². The second-order valence-electron chi connectivity index (χ2n) is 3.93. The van der Waals surface area contributed by atoms with Gasteiger partial charge in [0.1, 0.15) is 23.1 Å². The lowest BCUT2D eigenvalue weighted by Crippen LogP contribution is -2.00. The molecule has 0 aliphatic carbocycles. The van der Waals surface area contributed by atoms with Crippen molar-refractivity contribution in [2.45, 2.75) is 6.42 Å². The van der Waals surface area contributed by atoms with Gasteiger partial charge in [0.2, 0.25) is 0 Å². The fourth-order valence-electron chi connectivity index (χ4n) is 1.80. The molecule has 96 valence electrons. The van der Waals surface area contributed by atoms with Crippen molar-refractivity contribution in [3.8, 4) is 0 Å².